The summed E-state index contributed by atoms with van der Waals surface area (Å²) in [7, 11) is 0. The summed E-state index contributed by atoms with van der Waals surface area (Å²) in [5.74, 6) is 0. The Bertz CT molecular complexity index is 153. The lowest BCUT2D eigenvalue weighted by molar-refractivity contribution is 0.516. The predicted molar refractivity (Wildman–Crippen MR) is 52.6 cm³/mol. The van der Waals surface area contributed by atoms with Gasteiger partial charge in [-0.1, -0.05) is 45.9 Å². The topological polar surface area (TPSA) is 0 Å². The Balaban J connectivity index is 4.33. The molecule has 0 nitrogen and oxygen atoms in total. The van der Waals surface area contributed by atoms with Crippen LogP contribution in [0.3, 0.4) is 0 Å². The molecule has 0 aromatic carbocycles. The summed E-state index contributed by atoms with van der Waals surface area (Å²) in [6.45, 7) is 11.0. The SMILES string of the molecule is CC=C(C=CCC)C(C)(C)C. The molecule has 0 amide bonds. The van der Waals surface area contributed by atoms with E-state index in [0.717, 1.165) is 6.42 Å². The zero-order valence-electron chi connectivity index (χ0n) is 8.44. The van der Waals surface area contributed by atoms with Crippen molar-refractivity contribution in [1.82, 2.24) is 0 Å². The molecule has 0 aliphatic carbocycles. The second-order valence-electron chi connectivity index (χ2n) is 3.80. The second kappa shape index (κ2) is 4.38. The van der Waals surface area contributed by atoms with E-state index < -0.39 is 0 Å². The minimum absolute atomic E-state index is 0.292. The van der Waals surface area contributed by atoms with E-state index in [1.54, 1.807) is 0 Å². The summed E-state index contributed by atoms with van der Waals surface area (Å²) in [6.07, 6.45) is 7.74. The van der Waals surface area contributed by atoms with Gasteiger partial charge in [-0.2, -0.15) is 0 Å². The van der Waals surface area contributed by atoms with E-state index in [-0.39, 0.29) is 0 Å². The van der Waals surface area contributed by atoms with Crippen LogP contribution in [0.2, 0.25) is 0 Å². The summed E-state index contributed by atoms with van der Waals surface area (Å²) >= 11 is 0. The van der Waals surface area contributed by atoms with Crippen molar-refractivity contribution in [2.24, 2.45) is 5.41 Å². The van der Waals surface area contributed by atoms with Crippen LogP contribution in [-0.4, -0.2) is 0 Å². The molecule has 0 aliphatic heterocycles. The highest BCUT2D eigenvalue weighted by atomic mass is 14.2. The number of allylic oxidation sites excluding steroid dienone is 4. The Kier molecular flexibility index (Phi) is 4.17. The monoisotopic (exact) mass is 152 g/mol. The molecule has 0 saturated carbocycles. The van der Waals surface area contributed by atoms with E-state index >= 15 is 0 Å². The summed E-state index contributed by atoms with van der Waals surface area (Å²) in [4.78, 5) is 0. The van der Waals surface area contributed by atoms with Gasteiger partial charge in [0.25, 0.3) is 0 Å². The van der Waals surface area contributed by atoms with Gasteiger partial charge < -0.3 is 0 Å². The van der Waals surface area contributed by atoms with Gasteiger partial charge >= 0.3 is 0 Å². The van der Waals surface area contributed by atoms with Crippen molar-refractivity contribution in [3.05, 3.63) is 23.8 Å². The molecule has 0 fully saturated rings. The molecule has 0 radical (unpaired) electrons. The van der Waals surface area contributed by atoms with Gasteiger partial charge in [0.15, 0.2) is 0 Å². The van der Waals surface area contributed by atoms with Crippen LogP contribution in [0.15, 0.2) is 23.8 Å². The van der Waals surface area contributed by atoms with Crippen molar-refractivity contribution in [1.29, 1.82) is 0 Å². The van der Waals surface area contributed by atoms with Crippen molar-refractivity contribution in [3.8, 4) is 0 Å². The quantitative estimate of drug-likeness (QED) is 0.526. The van der Waals surface area contributed by atoms with Crippen LogP contribution in [0.4, 0.5) is 0 Å². The van der Waals surface area contributed by atoms with Gasteiger partial charge in [-0.25, -0.2) is 0 Å². The lowest BCUT2D eigenvalue weighted by atomic mass is 9.86. The predicted octanol–water partition coefficient (Wildman–Crippen LogP) is 3.95. The second-order valence-corrected chi connectivity index (χ2v) is 3.80. The average molecular weight is 152 g/mol. The van der Waals surface area contributed by atoms with Crippen LogP contribution < -0.4 is 0 Å². The molecular weight excluding hydrogens is 132 g/mol. The van der Waals surface area contributed by atoms with E-state index in [4.69, 9.17) is 0 Å². The van der Waals surface area contributed by atoms with Crippen LogP contribution in [0.25, 0.3) is 0 Å². The molecule has 0 saturated heterocycles. The van der Waals surface area contributed by atoms with Crippen molar-refractivity contribution < 1.29 is 0 Å². The van der Waals surface area contributed by atoms with Gasteiger partial charge in [0.05, 0.1) is 0 Å². The third-order valence-electron chi connectivity index (χ3n) is 1.71. The molecule has 0 atom stereocenters. The molecule has 0 N–H and O–H groups in total. The fourth-order valence-electron chi connectivity index (χ4n) is 1.02. The fourth-order valence-corrected chi connectivity index (χ4v) is 1.02. The molecule has 0 rings (SSSR count). The summed E-state index contributed by atoms with van der Waals surface area (Å²) < 4.78 is 0. The molecule has 0 aliphatic rings. The standard InChI is InChI=1S/C11H20/c1-6-8-9-10(7-2)11(3,4)5/h7-9H,6H2,1-5H3. The molecule has 0 heterocycles. The Morgan fingerprint density at radius 1 is 1.27 bits per heavy atom. The molecule has 0 aromatic rings. The Morgan fingerprint density at radius 3 is 2.09 bits per heavy atom. The maximum atomic E-state index is 2.24. The first-order valence-electron chi connectivity index (χ1n) is 4.35. The normalized spacial score (nSPS) is 14.5. The highest BCUT2D eigenvalue weighted by Crippen LogP contribution is 2.25. The number of hydrogen-bond donors (Lipinski definition) is 0. The zero-order valence-corrected chi connectivity index (χ0v) is 8.44. The van der Waals surface area contributed by atoms with Gasteiger partial charge in [0.2, 0.25) is 0 Å². The minimum Gasteiger partial charge on any atom is -0.0845 e. The first-order valence-corrected chi connectivity index (χ1v) is 4.35. The largest absolute Gasteiger partial charge is 0.0845 e. The molecule has 0 heteroatoms. The highest BCUT2D eigenvalue weighted by Gasteiger charge is 2.12. The Labute approximate surface area is 71.0 Å². The Morgan fingerprint density at radius 2 is 1.82 bits per heavy atom. The smallest absolute Gasteiger partial charge is 0.0135 e. The first-order chi connectivity index (χ1) is 5.02. The number of rotatable bonds is 2. The summed E-state index contributed by atoms with van der Waals surface area (Å²) in [5, 5.41) is 0. The van der Waals surface area contributed by atoms with Crippen LogP contribution in [0.5, 0.6) is 0 Å². The van der Waals surface area contributed by atoms with Gasteiger partial charge in [0.1, 0.15) is 0 Å². The third kappa shape index (κ3) is 4.02. The summed E-state index contributed by atoms with van der Waals surface area (Å²) in [6, 6.07) is 0. The van der Waals surface area contributed by atoms with Gasteiger partial charge in [0, 0.05) is 0 Å². The molecule has 0 spiro atoms. The zero-order chi connectivity index (χ0) is 8.91. The maximum absolute atomic E-state index is 2.24. The van der Waals surface area contributed by atoms with Gasteiger partial charge in [-0.15, -0.1) is 0 Å². The van der Waals surface area contributed by atoms with Crippen molar-refractivity contribution in [2.45, 2.75) is 41.0 Å². The van der Waals surface area contributed by atoms with Crippen molar-refractivity contribution in [2.75, 3.05) is 0 Å². The third-order valence-corrected chi connectivity index (χ3v) is 1.71. The van der Waals surface area contributed by atoms with E-state index in [1.165, 1.54) is 5.57 Å². The lowest BCUT2D eigenvalue weighted by Gasteiger charge is -2.19. The molecule has 0 unspecified atom stereocenters. The molecule has 64 valence electrons. The van der Waals surface area contributed by atoms with Crippen molar-refractivity contribution in [3.63, 3.8) is 0 Å². The Hall–Kier alpha value is -0.520. The van der Waals surface area contributed by atoms with Crippen molar-refractivity contribution >= 4 is 0 Å². The molecule has 11 heavy (non-hydrogen) atoms. The van der Waals surface area contributed by atoms with E-state index in [0.29, 0.717) is 5.41 Å². The van der Waals surface area contributed by atoms with E-state index in [2.05, 4.69) is 52.8 Å². The minimum atomic E-state index is 0.292. The summed E-state index contributed by atoms with van der Waals surface area (Å²) in [5.41, 5.74) is 1.71. The lowest BCUT2D eigenvalue weighted by Crippen LogP contribution is -2.06. The molecule has 0 bridgehead atoms. The molecule has 0 aromatic heterocycles. The van der Waals surface area contributed by atoms with Crippen LogP contribution in [0, 0.1) is 5.41 Å². The van der Waals surface area contributed by atoms with Gasteiger partial charge in [-0.05, 0) is 24.3 Å². The fraction of sp³-hybridized carbons (Fsp3) is 0.636. The maximum Gasteiger partial charge on any atom is -0.0135 e. The van der Waals surface area contributed by atoms with Crippen LogP contribution in [0.1, 0.15) is 41.0 Å². The average Bonchev–Trinajstić information content (AvgIpc) is 1.87. The first kappa shape index (κ1) is 10.5. The van der Waals surface area contributed by atoms with Crippen LogP contribution >= 0.6 is 0 Å². The number of hydrogen-bond acceptors (Lipinski definition) is 0. The highest BCUT2D eigenvalue weighted by molar-refractivity contribution is 5.23. The van der Waals surface area contributed by atoms with E-state index in [1.807, 2.05) is 0 Å². The van der Waals surface area contributed by atoms with E-state index in [9.17, 15) is 0 Å². The van der Waals surface area contributed by atoms with Crippen LogP contribution in [-0.2, 0) is 0 Å². The molecular formula is C11H20. The van der Waals surface area contributed by atoms with Gasteiger partial charge in [-0.3, -0.25) is 0 Å².